The summed E-state index contributed by atoms with van der Waals surface area (Å²) < 4.78 is 25.3. The predicted octanol–water partition coefficient (Wildman–Crippen LogP) is -0.905. The molecule has 1 amide bonds. The average molecular weight is 406 g/mol. The van der Waals surface area contributed by atoms with Crippen LogP contribution in [0.1, 0.15) is 0 Å². The van der Waals surface area contributed by atoms with Crippen molar-refractivity contribution in [2.45, 2.75) is 4.90 Å². The second-order valence-corrected chi connectivity index (χ2v) is 9.17. The first-order valence-corrected chi connectivity index (χ1v) is 10.7. The molecule has 8 nitrogen and oxygen atoms in total. The molecule has 3 rings (SSSR count). The minimum atomic E-state index is -3.46. The van der Waals surface area contributed by atoms with Gasteiger partial charge in [-0.2, -0.15) is 0 Å². The number of anilines is 2. The number of nitrogens with one attached hydrogen (secondary N) is 3. The highest BCUT2D eigenvalue weighted by atomic mass is 32.2. The number of sulfonamides is 1. The fourth-order valence-electron chi connectivity index (χ4n) is 3.17. The third kappa shape index (κ3) is 4.86. The lowest BCUT2D eigenvalue weighted by Gasteiger charge is -2.27. The zero-order valence-corrected chi connectivity index (χ0v) is 17.0. The molecule has 3 N–H and O–H groups in total. The van der Waals surface area contributed by atoms with Crippen molar-refractivity contribution in [2.24, 2.45) is 0 Å². The molecule has 1 saturated heterocycles. The number of pyridine rings is 1. The van der Waals surface area contributed by atoms with Crippen LogP contribution in [0.3, 0.4) is 0 Å². The van der Waals surface area contributed by atoms with E-state index in [1.807, 2.05) is 18.3 Å². The van der Waals surface area contributed by atoms with Crippen LogP contribution in [0.15, 0.2) is 53.6 Å². The van der Waals surface area contributed by atoms with E-state index in [2.05, 4.69) is 21.3 Å². The third-order valence-electron chi connectivity index (χ3n) is 4.83. The van der Waals surface area contributed by atoms with Crippen LogP contribution in [-0.2, 0) is 14.8 Å². The Labute approximate surface area is 165 Å². The number of carbonyl (C=O) groups is 1. The molecular weight excluding hydrogens is 378 g/mol. The van der Waals surface area contributed by atoms with Crippen LogP contribution in [0.25, 0.3) is 0 Å². The van der Waals surface area contributed by atoms with E-state index in [9.17, 15) is 13.2 Å². The number of hydrogen-bond acceptors (Lipinski definition) is 4. The average Bonchev–Trinajstić information content (AvgIpc) is 2.69. The van der Waals surface area contributed by atoms with Gasteiger partial charge in [0.1, 0.15) is 26.2 Å². The van der Waals surface area contributed by atoms with Gasteiger partial charge in [-0.15, -0.1) is 0 Å². The lowest BCUT2D eigenvalue weighted by molar-refractivity contribution is -0.892. The van der Waals surface area contributed by atoms with Gasteiger partial charge in [0, 0.05) is 25.8 Å². The maximum atomic E-state index is 12.3. The van der Waals surface area contributed by atoms with E-state index < -0.39 is 10.0 Å². The highest BCUT2D eigenvalue weighted by Crippen LogP contribution is 2.16. The number of hydrogen-bond donors (Lipinski definition) is 2. The number of benzene rings is 1. The van der Waals surface area contributed by atoms with Crippen LogP contribution in [0, 0.1) is 0 Å². The SMILES string of the molecule is CN(C)S(=O)(=O)c1ccc(NC(=O)C[NH+]2CCN(c3cccc[nH+]3)CC2)cc1. The van der Waals surface area contributed by atoms with E-state index >= 15 is 0 Å². The largest absolute Gasteiger partial charge is 0.321 e. The molecule has 0 bridgehead atoms. The minimum Gasteiger partial charge on any atom is -0.321 e. The summed E-state index contributed by atoms with van der Waals surface area (Å²) in [5.74, 6) is 1.02. The Kier molecular flexibility index (Phi) is 6.28. The van der Waals surface area contributed by atoms with E-state index in [0.29, 0.717) is 12.2 Å². The van der Waals surface area contributed by atoms with Crippen molar-refractivity contribution in [2.75, 3.05) is 57.0 Å². The van der Waals surface area contributed by atoms with Crippen molar-refractivity contribution < 1.29 is 23.1 Å². The summed E-state index contributed by atoms with van der Waals surface area (Å²) in [7, 11) is -0.485. The van der Waals surface area contributed by atoms with Crippen molar-refractivity contribution in [1.82, 2.24) is 4.31 Å². The number of nitrogens with zero attached hydrogens (tertiary/aromatic N) is 2. The van der Waals surface area contributed by atoms with Crippen LogP contribution in [0.4, 0.5) is 11.5 Å². The molecule has 1 aromatic heterocycles. The van der Waals surface area contributed by atoms with E-state index in [4.69, 9.17) is 0 Å². The fourth-order valence-corrected chi connectivity index (χ4v) is 4.08. The number of amides is 1. The molecule has 0 atom stereocenters. The summed E-state index contributed by atoms with van der Waals surface area (Å²) in [6.45, 7) is 3.94. The zero-order valence-electron chi connectivity index (χ0n) is 16.2. The zero-order chi connectivity index (χ0) is 20.1. The summed E-state index contributed by atoms with van der Waals surface area (Å²) >= 11 is 0. The smallest absolute Gasteiger partial charge is 0.279 e. The molecule has 1 aromatic carbocycles. The maximum absolute atomic E-state index is 12.3. The van der Waals surface area contributed by atoms with Gasteiger partial charge >= 0.3 is 0 Å². The number of piperazine rings is 1. The summed E-state index contributed by atoms with van der Waals surface area (Å²) in [5, 5.41) is 2.85. The van der Waals surface area contributed by atoms with E-state index in [1.165, 1.54) is 31.1 Å². The Morgan fingerprint density at radius 1 is 1.14 bits per heavy atom. The van der Waals surface area contributed by atoms with Crippen LogP contribution < -0.4 is 20.1 Å². The van der Waals surface area contributed by atoms with Gasteiger partial charge in [-0.3, -0.25) is 9.69 Å². The van der Waals surface area contributed by atoms with E-state index in [0.717, 1.165) is 36.3 Å². The van der Waals surface area contributed by atoms with Crippen LogP contribution in [0.2, 0.25) is 0 Å². The monoisotopic (exact) mass is 405 g/mol. The molecule has 0 saturated carbocycles. The first kappa shape index (κ1) is 20.2. The molecule has 9 heteroatoms. The van der Waals surface area contributed by atoms with Crippen molar-refractivity contribution in [3.8, 4) is 0 Å². The fraction of sp³-hybridized carbons (Fsp3) is 0.368. The summed E-state index contributed by atoms with van der Waals surface area (Å²) in [6.07, 6.45) is 1.91. The highest BCUT2D eigenvalue weighted by molar-refractivity contribution is 7.89. The molecule has 28 heavy (non-hydrogen) atoms. The Morgan fingerprint density at radius 3 is 2.39 bits per heavy atom. The summed E-state index contributed by atoms with van der Waals surface area (Å²) in [4.78, 5) is 19.3. The third-order valence-corrected chi connectivity index (χ3v) is 6.66. The molecule has 1 aliphatic rings. The second kappa shape index (κ2) is 8.68. The van der Waals surface area contributed by atoms with Gasteiger partial charge in [0.05, 0.1) is 11.1 Å². The van der Waals surface area contributed by atoms with Gasteiger partial charge < -0.3 is 10.2 Å². The Morgan fingerprint density at radius 2 is 1.82 bits per heavy atom. The Balaban J connectivity index is 1.50. The van der Waals surface area contributed by atoms with Gasteiger partial charge in [0.25, 0.3) is 11.7 Å². The summed E-state index contributed by atoms with van der Waals surface area (Å²) in [5.41, 5.74) is 0.597. The molecule has 1 fully saturated rings. The molecule has 0 spiro atoms. The highest BCUT2D eigenvalue weighted by Gasteiger charge is 2.27. The van der Waals surface area contributed by atoms with Gasteiger partial charge in [0.2, 0.25) is 10.0 Å². The normalized spacial score (nSPS) is 15.6. The maximum Gasteiger partial charge on any atom is 0.279 e. The first-order valence-electron chi connectivity index (χ1n) is 9.24. The van der Waals surface area contributed by atoms with Gasteiger partial charge in [-0.05, 0) is 30.3 Å². The Hall–Kier alpha value is -2.49. The van der Waals surface area contributed by atoms with Gasteiger partial charge in [0.15, 0.2) is 6.54 Å². The topological polar surface area (TPSA) is 88.3 Å². The minimum absolute atomic E-state index is 0.0714. The second-order valence-electron chi connectivity index (χ2n) is 7.02. The van der Waals surface area contributed by atoms with Crippen molar-refractivity contribution in [1.29, 1.82) is 0 Å². The van der Waals surface area contributed by atoms with Crippen molar-refractivity contribution >= 4 is 27.4 Å². The number of rotatable bonds is 6. The molecular formula is C19H27N5O3S+2. The number of H-pyrrole nitrogens is 1. The Bertz CT molecular complexity index is 893. The molecule has 2 heterocycles. The predicted molar refractivity (Wildman–Crippen MR) is 107 cm³/mol. The van der Waals surface area contributed by atoms with E-state index in [1.54, 1.807) is 12.1 Å². The molecule has 0 unspecified atom stereocenters. The van der Waals surface area contributed by atoms with Crippen molar-refractivity contribution in [3.63, 3.8) is 0 Å². The van der Waals surface area contributed by atoms with Crippen molar-refractivity contribution in [3.05, 3.63) is 48.7 Å². The molecule has 150 valence electrons. The molecule has 0 aliphatic carbocycles. The summed E-state index contributed by atoms with van der Waals surface area (Å²) in [6, 6.07) is 12.3. The van der Waals surface area contributed by atoms with Crippen LogP contribution in [-0.4, -0.2) is 65.4 Å². The quantitative estimate of drug-likeness (QED) is 0.652. The molecule has 2 aromatic rings. The standard InChI is InChI=1S/C19H25N5O3S/c1-22(2)28(26,27)17-8-6-16(7-9-17)21-19(25)15-23-11-13-24(14-12-23)18-5-3-4-10-20-18/h3-10H,11-15H2,1-2H3,(H,21,25)/p+2. The first-order chi connectivity index (χ1) is 13.4. The molecule has 0 radical (unpaired) electrons. The number of aromatic amines is 1. The number of carbonyl (C=O) groups excluding carboxylic acids is 1. The molecule has 1 aliphatic heterocycles. The van der Waals surface area contributed by atoms with Crippen LogP contribution in [0.5, 0.6) is 0 Å². The number of aromatic nitrogens is 1. The van der Waals surface area contributed by atoms with Crippen LogP contribution >= 0.6 is 0 Å². The van der Waals surface area contributed by atoms with E-state index in [-0.39, 0.29) is 10.8 Å². The number of quaternary nitrogens is 1. The van der Waals surface area contributed by atoms with Gasteiger partial charge in [-0.25, -0.2) is 17.7 Å². The lowest BCUT2D eigenvalue weighted by atomic mass is 10.3. The lowest BCUT2D eigenvalue weighted by Crippen LogP contribution is -3.15. The van der Waals surface area contributed by atoms with Gasteiger partial charge in [-0.1, -0.05) is 6.07 Å².